The summed E-state index contributed by atoms with van der Waals surface area (Å²) in [5.74, 6) is 0.438. The molecule has 0 spiro atoms. The summed E-state index contributed by atoms with van der Waals surface area (Å²) in [5, 5.41) is 8.85. The van der Waals surface area contributed by atoms with E-state index in [0.29, 0.717) is 17.7 Å². The molecule has 0 saturated heterocycles. The molecule has 0 radical (unpaired) electrons. The molecule has 1 aliphatic rings. The lowest BCUT2D eigenvalue weighted by Crippen LogP contribution is -2.17. The lowest BCUT2D eigenvalue weighted by atomic mass is 9.96. The Hall–Kier alpha value is -2.26. The minimum atomic E-state index is -3.71. The predicted octanol–water partition coefficient (Wildman–Crippen LogP) is 3.75. The Balaban J connectivity index is 1.73. The molecule has 0 amide bonds. The van der Waals surface area contributed by atoms with Crippen molar-refractivity contribution >= 4 is 15.5 Å². The Morgan fingerprint density at radius 2 is 2.19 bits per heavy atom. The van der Waals surface area contributed by atoms with E-state index in [-0.39, 0.29) is 5.82 Å². The molecule has 27 heavy (non-hydrogen) atoms. The molecule has 2 atom stereocenters. The van der Waals surface area contributed by atoms with Crippen molar-refractivity contribution in [1.29, 1.82) is 4.78 Å². The second-order valence-corrected chi connectivity index (χ2v) is 8.80. The number of rotatable bonds is 6. The molecule has 3 aromatic rings. The zero-order chi connectivity index (χ0) is 19.0. The van der Waals surface area contributed by atoms with E-state index in [1.54, 1.807) is 16.9 Å². The van der Waals surface area contributed by atoms with Gasteiger partial charge in [-0.3, -0.25) is 4.68 Å². The van der Waals surface area contributed by atoms with E-state index in [1.165, 1.54) is 25.7 Å². The van der Waals surface area contributed by atoms with E-state index in [0.717, 1.165) is 17.5 Å². The number of hydrogen-bond acceptors (Lipinski definition) is 5. The number of nitrogens with zero attached hydrogens (tertiary/aromatic N) is 5. The highest BCUT2D eigenvalue weighted by molar-refractivity contribution is 7.86. The highest BCUT2D eigenvalue weighted by Gasteiger charge is 2.26. The molecular formula is C18H24N6O2S. The maximum atomic E-state index is 11.5. The van der Waals surface area contributed by atoms with Crippen molar-refractivity contribution < 1.29 is 8.76 Å². The molecular weight excluding hydrogens is 364 g/mol. The van der Waals surface area contributed by atoms with Crippen LogP contribution in [-0.2, 0) is 15.8 Å². The van der Waals surface area contributed by atoms with Crippen LogP contribution in [0.5, 0.6) is 0 Å². The molecule has 2 N–H and O–H groups in total. The van der Waals surface area contributed by atoms with Crippen molar-refractivity contribution in [2.24, 2.45) is 5.92 Å². The van der Waals surface area contributed by atoms with Gasteiger partial charge in [0.25, 0.3) is 0 Å². The van der Waals surface area contributed by atoms with Crippen LogP contribution in [0.4, 0.5) is 0 Å². The average Bonchev–Trinajstić information content (AvgIpc) is 3.35. The van der Waals surface area contributed by atoms with Crippen LogP contribution < -0.4 is 0 Å². The topological polar surface area (TPSA) is 109 Å². The minimum absolute atomic E-state index is 0.173. The van der Waals surface area contributed by atoms with Gasteiger partial charge in [0, 0.05) is 18.0 Å². The first kappa shape index (κ1) is 18.1. The van der Waals surface area contributed by atoms with Crippen LogP contribution in [0.2, 0.25) is 0 Å². The Morgan fingerprint density at radius 3 is 2.89 bits per heavy atom. The van der Waals surface area contributed by atoms with Gasteiger partial charge < -0.3 is 4.55 Å². The number of fused-ring (bicyclic) bond motifs is 1. The van der Waals surface area contributed by atoms with Gasteiger partial charge in [-0.1, -0.05) is 19.8 Å². The van der Waals surface area contributed by atoms with Gasteiger partial charge >= 0.3 is 0 Å². The average molecular weight is 388 g/mol. The normalized spacial score (nSPS) is 18.7. The molecule has 0 bridgehead atoms. The van der Waals surface area contributed by atoms with Gasteiger partial charge in [-0.25, -0.2) is 18.5 Å². The highest BCUT2D eigenvalue weighted by atomic mass is 32.2. The van der Waals surface area contributed by atoms with Gasteiger partial charge in [-0.2, -0.15) is 10.2 Å². The van der Waals surface area contributed by atoms with Crippen LogP contribution in [0.1, 0.15) is 50.9 Å². The summed E-state index contributed by atoms with van der Waals surface area (Å²) in [6.07, 6.45) is 11.7. The third-order valence-corrected chi connectivity index (χ3v) is 5.99. The SMILES string of the molecule is CCC(C1CCCC1)n1cc(-c2nc(CS(=N)(=O)O)nn3cccc23)cn1. The zero-order valence-corrected chi connectivity index (χ0v) is 16.1. The molecule has 0 aromatic carbocycles. The van der Waals surface area contributed by atoms with Crippen LogP contribution >= 0.6 is 0 Å². The van der Waals surface area contributed by atoms with E-state index >= 15 is 0 Å². The molecule has 144 valence electrons. The first-order valence-electron chi connectivity index (χ1n) is 9.32. The summed E-state index contributed by atoms with van der Waals surface area (Å²) in [4.78, 5) is 4.48. The monoisotopic (exact) mass is 388 g/mol. The lowest BCUT2D eigenvalue weighted by molar-refractivity contribution is 0.301. The van der Waals surface area contributed by atoms with Crippen molar-refractivity contribution in [2.45, 2.75) is 50.8 Å². The molecule has 4 rings (SSSR count). The first-order chi connectivity index (χ1) is 12.9. The van der Waals surface area contributed by atoms with Crippen molar-refractivity contribution in [3.05, 3.63) is 36.5 Å². The standard InChI is InChI=1S/C18H24N6O2S/c1-2-15(13-6-3-4-7-13)24-11-14(10-20-24)18-16-8-5-9-23(16)22-17(21-18)12-27(19,25)26/h5,8-11,13,15H,2-4,6-7,12H2,1H3,(H2,19,25,26). The molecule has 1 fully saturated rings. The zero-order valence-electron chi connectivity index (χ0n) is 15.3. The van der Waals surface area contributed by atoms with Crippen LogP contribution in [0.3, 0.4) is 0 Å². The fraction of sp³-hybridized carbons (Fsp3) is 0.500. The molecule has 8 nitrogen and oxygen atoms in total. The number of nitrogens with one attached hydrogen (secondary N) is 1. The van der Waals surface area contributed by atoms with Crippen molar-refractivity contribution in [3.8, 4) is 11.3 Å². The molecule has 0 aliphatic heterocycles. The molecule has 3 aromatic heterocycles. The number of hydrogen-bond donors (Lipinski definition) is 2. The predicted molar refractivity (Wildman–Crippen MR) is 103 cm³/mol. The van der Waals surface area contributed by atoms with Crippen LogP contribution in [0, 0.1) is 10.7 Å². The third kappa shape index (κ3) is 3.74. The summed E-state index contributed by atoms with van der Waals surface area (Å²) in [7, 11) is -3.71. The maximum Gasteiger partial charge on any atom is 0.165 e. The van der Waals surface area contributed by atoms with Gasteiger partial charge in [0.1, 0.15) is 11.4 Å². The van der Waals surface area contributed by atoms with E-state index < -0.39 is 15.8 Å². The molecule has 1 aliphatic carbocycles. The van der Waals surface area contributed by atoms with E-state index in [1.807, 2.05) is 23.0 Å². The van der Waals surface area contributed by atoms with Gasteiger partial charge in [0.05, 0.1) is 17.8 Å². The first-order valence-corrected chi connectivity index (χ1v) is 11.0. The fourth-order valence-electron chi connectivity index (χ4n) is 4.15. The summed E-state index contributed by atoms with van der Waals surface area (Å²) < 4.78 is 31.8. The van der Waals surface area contributed by atoms with Crippen LogP contribution in [0.15, 0.2) is 30.7 Å². The lowest BCUT2D eigenvalue weighted by Gasteiger charge is -2.22. The van der Waals surface area contributed by atoms with E-state index in [9.17, 15) is 8.76 Å². The second-order valence-electron chi connectivity index (χ2n) is 7.23. The molecule has 9 heteroatoms. The van der Waals surface area contributed by atoms with E-state index in [2.05, 4.69) is 22.1 Å². The summed E-state index contributed by atoms with van der Waals surface area (Å²) in [5.41, 5.74) is 2.33. The van der Waals surface area contributed by atoms with Gasteiger partial charge in [0.2, 0.25) is 0 Å². The Labute approximate surface area is 158 Å². The third-order valence-electron chi connectivity index (χ3n) is 5.34. The van der Waals surface area contributed by atoms with Gasteiger partial charge in [-0.15, -0.1) is 0 Å². The van der Waals surface area contributed by atoms with Crippen LogP contribution in [-0.4, -0.2) is 33.1 Å². The molecule has 3 heterocycles. The highest BCUT2D eigenvalue weighted by Crippen LogP contribution is 2.36. The summed E-state index contributed by atoms with van der Waals surface area (Å²) in [6.45, 7) is 2.20. The van der Waals surface area contributed by atoms with Crippen LogP contribution in [0.25, 0.3) is 16.8 Å². The maximum absolute atomic E-state index is 11.5. The Bertz CT molecular complexity index is 1050. The van der Waals surface area contributed by atoms with Crippen molar-refractivity contribution in [1.82, 2.24) is 24.4 Å². The van der Waals surface area contributed by atoms with E-state index in [4.69, 9.17) is 4.78 Å². The number of aromatic nitrogens is 5. The molecule has 2 unspecified atom stereocenters. The van der Waals surface area contributed by atoms with Crippen molar-refractivity contribution in [2.75, 3.05) is 0 Å². The Morgan fingerprint density at radius 1 is 1.41 bits per heavy atom. The largest absolute Gasteiger partial charge is 0.300 e. The van der Waals surface area contributed by atoms with Crippen molar-refractivity contribution in [3.63, 3.8) is 0 Å². The quantitative estimate of drug-likeness (QED) is 0.668. The minimum Gasteiger partial charge on any atom is -0.300 e. The fourth-order valence-corrected chi connectivity index (χ4v) is 4.62. The summed E-state index contributed by atoms with van der Waals surface area (Å²) in [6, 6.07) is 4.14. The molecule has 1 saturated carbocycles. The summed E-state index contributed by atoms with van der Waals surface area (Å²) >= 11 is 0. The Kier molecular flexibility index (Phi) is 4.73. The second kappa shape index (κ2) is 7.05. The smallest absolute Gasteiger partial charge is 0.165 e. The van der Waals surface area contributed by atoms with Gasteiger partial charge in [0.15, 0.2) is 15.8 Å². The van der Waals surface area contributed by atoms with Gasteiger partial charge in [-0.05, 0) is 37.3 Å².